The minimum Gasteiger partial charge on any atom is -0.465 e. The molecule has 112 valence electrons. The molecule has 0 unspecified atom stereocenters. The van der Waals surface area contributed by atoms with Gasteiger partial charge in [-0.2, -0.15) is 5.10 Å². The quantitative estimate of drug-likeness (QED) is 0.881. The summed E-state index contributed by atoms with van der Waals surface area (Å²) in [6.07, 6.45) is 0. The molecule has 1 amide bonds. The Morgan fingerprint density at radius 2 is 2.14 bits per heavy atom. The molecule has 7 heteroatoms. The maximum absolute atomic E-state index is 12.2. The van der Waals surface area contributed by atoms with Crippen LogP contribution in [0.3, 0.4) is 0 Å². The molecule has 0 saturated heterocycles. The second-order valence-corrected chi connectivity index (χ2v) is 5.73. The third kappa shape index (κ3) is 3.13. The SMILES string of the molecule is COC(=O)c1ccsc1NC(=O)c1cc(C)n(C(C)C)n1. The Kier molecular flexibility index (Phi) is 4.42. The van der Waals surface area contributed by atoms with E-state index in [1.165, 1.54) is 18.4 Å². The molecule has 0 fully saturated rings. The van der Waals surface area contributed by atoms with E-state index in [1.54, 1.807) is 22.2 Å². The zero-order valence-electron chi connectivity index (χ0n) is 12.3. The lowest BCUT2D eigenvalue weighted by molar-refractivity contribution is 0.0602. The van der Waals surface area contributed by atoms with Crippen LogP contribution in [0.15, 0.2) is 17.5 Å². The Hall–Kier alpha value is -2.15. The molecule has 2 heterocycles. The molecule has 2 aromatic rings. The molecule has 0 bridgehead atoms. The van der Waals surface area contributed by atoms with E-state index in [0.717, 1.165) is 5.69 Å². The van der Waals surface area contributed by atoms with Crippen LogP contribution in [0.5, 0.6) is 0 Å². The van der Waals surface area contributed by atoms with Crippen LogP contribution in [0, 0.1) is 6.92 Å². The molecule has 0 aliphatic rings. The average Bonchev–Trinajstić information content (AvgIpc) is 3.04. The summed E-state index contributed by atoms with van der Waals surface area (Å²) in [6.45, 7) is 5.89. The number of carbonyl (C=O) groups excluding carboxylic acids is 2. The number of nitrogens with zero attached hydrogens (tertiary/aromatic N) is 2. The van der Waals surface area contributed by atoms with Gasteiger partial charge in [0.05, 0.1) is 12.7 Å². The van der Waals surface area contributed by atoms with Gasteiger partial charge < -0.3 is 10.1 Å². The number of aromatic nitrogens is 2. The highest BCUT2D eigenvalue weighted by Crippen LogP contribution is 2.24. The van der Waals surface area contributed by atoms with E-state index in [0.29, 0.717) is 16.3 Å². The van der Waals surface area contributed by atoms with Crippen molar-refractivity contribution >= 4 is 28.2 Å². The monoisotopic (exact) mass is 307 g/mol. The van der Waals surface area contributed by atoms with E-state index in [2.05, 4.69) is 15.2 Å². The summed E-state index contributed by atoms with van der Waals surface area (Å²) >= 11 is 1.27. The molecule has 1 N–H and O–H groups in total. The lowest BCUT2D eigenvalue weighted by Crippen LogP contribution is -2.15. The van der Waals surface area contributed by atoms with Crippen LogP contribution in [0.1, 0.15) is 46.4 Å². The van der Waals surface area contributed by atoms with Crippen LogP contribution in [0.2, 0.25) is 0 Å². The fraction of sp³-hybridized carbons (Fsp3) is 0.357. The van der Waals surface area contributed by atoms with Gasteiger partial charge in [0.15, 0.2) is 5.69 Å². The Balaban J connectivity index is 2.21. The lowest BCUT2D eigenvalue weighted by Gasteiger charge is -2.07. The summed E-state index contributed by atoms with van der Waals surface area (Å²) in [7, 11) is 1.30. The van der Waals surface area contributed by atoms with Crippen LogP contribution in [-0.2, 0) is 4.74 Å². The van der Waals surface area contributed by atoms with Crippen LogP contribution in [-0.4, -0.2) is 28.8 Å². The van der Waals surface area contributed by atoms with Crippen LogP contribution in [0.25, 0.3) is 0 Å². The number of hydrogen-bond acceptors (Lipinski definition) is 5. The maximum atomic E-state index is 12.2. The molecule has 6 nitrogen and oxygen atoms in total. The number of esters is 1. The fourth-order valence-electron chi connectivity index (χ4n) is 1.97. The van der Waals surface area contributed by atoms with Gasteiger partial charge in [0, 0.05) is 11.7 Å². The van der Waals surface area contributed by atoms with Gasteiger partial charge in [-0.3, -0.25) is 9.48 Å². The first-order valence-corrected chi connectivity index (χ1v) is 7.35. The Morgan fingerprint density at radius 3 is 2.71 bits per heavy atom. The Morgan fingerprint density at radius 1 is 1.43 bits per heavy atom. The molecule has 0 aromatic carbocycles. The number of thiophene rings is 1. The highest BCUT2D eigenvalue weighted by Gasteiger charge is 2.18. The van der Waals surface area contributed by atoms with Gasteiger partial charge in [-0.15, -0.1) is 11.3 Å². The first-order valence-electron chi connectivity index (χ1n) is 6.47. The van der Waals surface area contributed by atoms with Crippen LogP contribution >= 0.6 is 11.3 Å². The predicted octanol–water partition coefficient (Wildman–Crippen LogP) is 2.87. The van der Waals surface area contributed by atoms with Crippen molar-refractivity contribution < 1.29 is 14.3 Å². The van der Waals surface area contributed by atoms with E-state index < -0.39 is 5.97 Å². The van der Waals surface area contributed by atoms with Crippen molar-refractivity contribution in [2.24, 2.45) is 0 Å². The summed E-state index contributed by atoms with van der Waals surface area (Å²) in [5.74, 6) is -0.819. The van der Waals surface area contributed by atoms with Gasteiger partial charge in [-0.1, -0.05) is 0 Å². The summed E-state index contributed by atoms with van der Waals surface area (Å²) in [5.41, 5.74) is 1.58. The summed E-state index contributed by atoms with van der Waals surface area (Å²) in [5, 5.41) is 9.17. The maximum Gasteiger partial charge on any atom is 0.340 e. The number of anilines is 1. The smallest absolute Gasteiger partial charge is 0.340 e. The fourth-order valence-corrected chi connectivity index (χ4v) is 2.74. The molecule has 0 radical (unpaired) electrons. The molecule has 0 saturated carbocycles. The number of ether oxygens (including phenoxy) is 1. The second-order valence-electron chi connectivity index (χ2n) is 4.82. The van der Waals surface area contributed by atoms with E-state index >= 15 is 0 Å². The van der Waals surface area contributed by atoms with E-state index in [9.17, 15) is 9.59 Å². The van der Waals surface area contributed by atoms with Gasteiger partial charge in [0.2, 0.25) is 0 Å². The molecule has 2 aromatic heterocycles. The van der Waals surface area contributed by atoms with Gasteiger partial charge in [0.1, 0.15) is 5.00 Å². The molecule has 0 atom stereocenters. The Labute approximate surface area is 126 Å². The summed E-state index contributed by atoms with van der Waals surface area (Å²) in [4.78, 5) is 23.8. The minimum atomic E-state index is -0.476. The summed E-state index contributed by atoms with van der Waals surface area (Å²) in [6, 6.07) is 3.52. The first-order chi connectivity index (χ1) is 9.93. The van der Waals surface area contributed by atoms with Crippen molar-refractivity contribution in [3.63, 3.8) is 0 Å². The van der Waals surface area contributed by atoms with Gasteiger partial charge >= 0.3 is 5.97 Å². The topological polar surface area (TPSA) is 73.2 Å². The molecular formula is C14H17N3O3S. The van der Waals surface area contributed by atoms with Crippen LogP contribution < -0.4 is 5.32 Å². The van der Waals surface area contributed by atoms with Gasteiger partial charge in [0.25, 0.3) is 5.91 Å². The number of amides is 1. The largest absolute Gasteiger partial charge is 0.465 e. The number of rotatable bonds is 4. The van der Waals surface area contributed by atoms with Gasteiger partial charge in [-0.25, -0.2) is 4.79 Å². The number of aryl methyl sites for hydroxylation is 1. The molecule has 0 spiro atoms. The Bertz CT molecular complexity index is 673. The van der Waals surface area contributed by atoms with E-state index in [-0.39, 0.29) is 11.9 Å². The van der Waals surface area contributed by atoms with Crippen LogP contribution in [0.4, 0.5) is 5.00 Å². The van der Waals surface area contributed by atoms with E-state index in [4.69, 9.17) is 0 Å². The molecule has 0 aliphatic heterocycles. The molecular weight excluding hydrogens is 290 g/mol. The normalized spacial score (nSPS) is 10.7. The minimum absolute atomic E-state index is 0.180. The van der Waals surface area contributed by atoms with Crippen molar-refractivity contribution in [2.75, 3.05) is 12.4 Å². The third-order valence-electron chi connectivity index (χ3n) is 2.94. The molecule has 21 heavy (non-hydrogen) atoms. The number of hydrogen-bond donors (Lipinski definition) is 1. The number of methoxy groups -OCH3 is 1. The first kappa shape index (κ1) is 15.2. The van der Waals surface area contributed by atoms with Crippen molar-refractivity contribution in [2.45, 2.75) is 26.8 Å². The second kappa shape index (κ2) is 6.09. The zero-order valence-corrected chi connectivity index (χ0v) is 13.2. The number of carbonyl (C=O) groups is 2. The van der Waals surface area contributed by atoms with Gasteiger partial charge in [-0.05, 0) is 38.3 Å². The third-order valence-corrected chi connectivity index (χ3v) is 3.77. The number of nitrogens with one attached hydrogen (secondary N) is 1. The summed E-state index contributed by atoms with van der Waals surface area (Å²) < 4.78 is 6.46. The van der Waals surface area contributed by atoms with Crippen molar-refractivity contribution in [1.82, 2.24) is 9.78 Å². The van der Waals surface area contributed by atoms with Crippen molar-refractivity contribution in [3.8, 4) is 0 Å². The molecule has 2 rings (SSSR count). The molecule has 0 aliphatic carbocycles. The van der Waals surface area contributed by atoms with E-state index in [1.807, 2.05) is 20.8 Å². The zero-order chi connectivity index (χ0) is 15.6. The highest BCUT2D eigenvalue weighted by molar-refractivity contribution is 7.14. The van der Waals surface area contributed by atoms with Crippen molar-refractivity contribution in [3.05, 3.63) is 34.5 Å². The highest BCUT2D eigenvalue weighted by atomic mass is 32.1. The lowest BCUT2D eigenvalue weighted by atomic mass is 10.3. The average molecular weight is 307 g/mol. The van der Waals surface area contributed by atoms with Crippen molar-refractivity contribution in [1.29, 1.82) is 0 Å². The standard InChI is InChI=1S/C14H17N3O3S/c1-8(2)17-9(3)7-11(16-17)12(18)15-13-10(5-6-21-13)14(19)20-4/h5-8H,1-4H3,(H,15,18). The predicted molar refractivity (Wildman–Crippen MR) is 81.0 cm³/mol.